The summed E-state index contributed by atoms with van der Waals surface area (Å²) in [6, 6.07) is 5.59. The normalized spacial score (nSPS) is 27.6. The van der Waals surface area contributed by atoms with Crippen LogP contribution < -0.4 is 10.6 Å². The van der Waals surface area contributed by atoms with Crippen molar-refractivity contribution in [2.45, 2.75) is 59.0 Å². The van der Waals surface area contributed by atoms with Gasteiger partial charge in [-0.05, 0) is 54.7 Å². The Morgan fingerprint density at radius 2 is 1.94 bits per heavy atom. The zero-order chi connectivity index (χ0) is 23.8. The van der Waals surface area contributed by atoms with Gasteiger partial charge < -0.3 is 10.6 Å². The van der Waals surface area contributed by atoms with Crippen molar-refractivity contribution in [3.63, 3.8) is 0 Å². The minimum Gasteiger partial charge on any atom is -0.324 e. The lowest BCUT2D eigenvalue weighted by atomic mass is 9.64. The van der Waals surface area contributed by atoms with E-state index in [1.165, 1.54) is 17.1 Å². The lowest BCUT2D eigenvalue weighted by molar-refractivity contribution is -0.136. The molecule has 3 aliphatic rings. The van der Waals surface area contributed by atoms with Crippen molar-refractivity contribution < 1.29 is 14.4 Å². The summed E-state index contributed by atoms with van der Waals surface area (Å²) in [5, 5.41) is 5.83. The third-order valence-electron chi connectivity index (χ3n) is 7.00. The van der Waals surface area contributed by atoms with Crippen molar-refractivity contribution in [1.82, 2.24) is 15.1 Å². The van der Waals surface area contributed by atoms with E-state index in [-0.39, 0.29) is 23.8 Å². The van der Waals surface area contributed by atoms with Gasteiger partial charge in [0.1, 0.15) is 12.1 Å². The first kappa shape index (κ1) is 24.1. The van der Waals surface area contributed by atoms with E-state index in [0.29, 0.717) is 24.4 Å². The van der Waals surface area contributed by atoms with E-state index in [1.54, 1.807) is 0 Å². The van der Waals surface area contributed by atoms with Gasteiger partial charge in [0.15, 0.2) is 0 Å². The summed E-state index contributed by atoms with van der Waals surface area (Å²) < 4.78 is 0. The molecule has 1 saturated carbocycles. The van der Waals surface area contributed by atoms with Crippen molar-refractivity contribution in [3.8, 4) is 0 Å². The molecule has 4 rings (SSSR count). The molecule has 2 aliphatic heterocycles. The Morgan fingerprint density at radius 1 is 1.21 bits per heavy atom. The Labute approximate surface area is 201 Å². The van der Waals surface area contributed by atoms with Gasteiger partial charge in [-0.15, -0.1) is 0 Å². The minimum absolute atomic E-state index is 0.0369. The van der Waals surface area contributed by atoms with Crippen molar-refractivity contribution in [3.05, 3.63) is 29.3 Å². The molecular weight excluding hydrogens is 436 g/mol. The molecule has 0 bridgehead atoms. The highest BCUT2D eigenvalue weighted by Gasteiger charge is 2.56. The predicted molar refractivity (Wildman–Crippen MR) is 132 cm³/mol. The number of hydrogen-bond acceptors (Lipinski definition) is 5. The van der Waals surface area contributed by atoms with Gasteiger partial charge in [0.05, 0.1) is 0 Å². The molecule has 2 heterocycles. The summed E-state index contributed by atoms with van der Waals surface area (Å²) in [7, 11) is 0. The standard InChI is InChI=1S/C25H36N4O3S/c1-17-12-24(3,4)16-25(13-17)22(31)29(23(32)27-25)15-21(30)26-20-6-5-19(11-18(20)2)14-28-7-9-33-10-8-28/h5-6,11,17H,7-10,12-16H2,1-4H3,(H,26,30)(H,27,32). The number of carbonyl (C=O) groups excluding carboxylic acids is 3. The first-order valence-corrected chi connectivity index (χ1v) is 13.1. The number of imide groups is 1. The zero-order valence-electron chi connectivity index (χ0n) is 20.2. The van der Waals surface area contributed by atoms with Crippen LogP contribution >= 0.6 is 11.8 Å². The van der Waals surface area contributed by atoms with Gasteiger partial charge in [0, 0.05) is 36.8 Å². The van der Waals surface area contributed by atoms with Gasteiger partial charge in [0.25, 0.3) is 5.91 Å². The van der Waals surface area contributed by atoms with Crippen LogP contribution in [-0.4, -0.2) is 64.3 Å². The molecule has 7 nitrogen and oxygen atoms in total. The van der Waals surface area contributed by atoms with Crippen LogP contribution in [0, 0.1) is 18.3 Å². The molecule has 2 saturated heterocycles. The van der Waals surface area contributed by atoms with E-state index in [0.717, 1.165) is 36.5 Å². The van der Waals surface area contributed by atoms with Crippen LogP contribution in [0.15, 0.2) is 18.2 Å². The molecule has 1 aromatic carbocycles. The van der Waals surface area contributed by atoms with Crippen LogP contribution in [0.1, 0.15) is 51.2 Å². The average Bonchev–Trinajstić information content (AvgIpc) is 2.92. The fourth-order valence-corrected chi connectivity index (χ4v) is 6.94. The van der Waals surface area contributed by atoms with E-state index in [1.807, 2.05) is 30.8 Å². The molecule has 8 heteroatoms. The summed E-state index contributed by atoms with van der Waals surface area (Å²) in [5.74, 6) is 2.05. The van der Waals surface area contributed by atoms with E-state index >= 15 is 0 Å². The van der Waals surface area contributed by atoms with Gasteiger partial charge in [-0.1, -0.05) is 32.9 Å². The van der Waals surface area contributed by atoms with E-state index in [2.05, 4.69) is 42.4 Å². The molecule has 1 spiro atoms. The zero-order valence-corrected chi connectivity index (χ0v) is 21.0. The van der Waals surface area contributed by atoms with E-state index in [4.69, 9.17) is 0 Å². The molecule has 180 valence electrons. The monoisotopic (exact) mass is 472 g/mol. The first-order chi connectivity index (χ1) is 15.6. The Morgan fingerprint density at radius 3 is 2.61 bits per heavy atom. The molecule has 4 amide bonds. The van der Waals surface area contributed by atoms with Crippen LogP contribution in [0.25, 0.3) is 0 Å². The Hall–Kier alpha value is -2.06. The van der Waals surface area contributed by atoms with E-state index in [9.17, 15) is 14.4 Å². The molecule has 0 aromatic heterocycles. The third-order valence-corrected chi connectivity index (χ3v) is 7.94. The number of thioether (sulfide) groups is 1. The summed E-state index contributed by atoms with van der Waals surface area (Å²) in [6.45, 7) is 11.2. The second kappa shape index (κ2) is 9.29. The van der Waals surface area contributed by atoms with Gasteiger partial charge in [-0.3, -0.25) is 19.4 Å². The highest BCUT2D eigenvalue weighted by atomic mass is 32.2. The predicted octanol–water partition coefficient (Wildman–Crippen LogP) is 3.62. The molecule has 3 fully saturated rings. The van der Waals surface area contributed by atoms with Crippen LogP contribution in [0.4, 0.5) is 10.5 Å². The fourth-order valence-electron chi connectivity index (χ4n) is 5.96. The summed E-state index contributed by atoms with van der Waals surface area (Å²) in [5.41, 5.74) is 1.99. The highest BCUT2D eigenvalue weighted by molar-refractivity contribution is 7.99. The van der Waals surface area contributed by atoms with Crippen molar-refractivity contribution >= 4 is 35.3 Å². The number of carbonyl (C=O) groups is 3. The smallest absolute Gasteiger partial charge is 0.324 e. The van der Waals surface area contributed by atoms with E-state index < -0.39 is 11.6 Å². The maximum absolute atomic E-state index is 13.3. The van der Waals surface area contributed by atoms with Crippen molar-refractivity contribution in [1.29, 1.82) is 0 Å². The topological polar surface area (TPSA) is 81.8 Å². The summed E-state index contributed by atoms with van der Waals surface area (Å²) >= 11 is 2.00. The Balaban J connectivity index is 1.38. The highest BCUT2D eigenvalue weighted by Crippen LogP contribution is 2.46. The third kappa shape index (κ3) is 5.38. The number of nitrogens with one attached hydrogen (secondary N) is 2. The van der Waals surface area contributed by atoms with Gasteiger partial charge in [-0.2, -0.15) is 11.8 Å². The number of aryl methyl sites for hydroxylation is 1. The van der Waals surface area contributed by atoms with Crippen molar-refractivity contribution in [2.75, 3.05) is 36.5 Å². The number of benzene rings is 1. The second-order valence-electron chi connectivity index (χ2n) is 10.8. The lowest BCUT2D eigenvalue weighted by Gasteiger charge is -2.43. The Bertz CT molecular complexity index is 944. The van der Waals surface area contributed by atoms with Crippen LogP contribution in [0.5, 0.6) is 0 Å². The molecule has 2 atom stereocenters. The van der Waals surface area contributed by atoms with Gasteiger partial charge in [-0.25, -0.2) is 4.79 Å². The molecular formula is C25H36N4O3S. The maximum Gasteiger partial charge on any atom is 0.325 e. The van der Waals surface area contributed by atoms with Gasteiger partial charge in [0.2, 0.25) is 5.91 Å². The van der Waals surface area contributed by atoms with Gasteiger partial charge >= 0.3 is 6.03 Å². The number of hydrogen-bond donors (Lipinski definition) is 2. The molecule has 2 unspecified atom stereocenters. The number of anilines is 1. The molecule has 0 radical (unpaired) electrons. The largest absolute Gasteiger partial charge is 0.325 e. The SMILES string of the molecule is Cc1cc(CN2CCSCC2)ccc1NC(=O)CN1C(=O)NC2(CC(C)CC(C)(C)C2)C1=O. The average molecular weight is 473 g/mol. The molecule has 1 aliphatic carbocycles. The summed E-state index contributed by atoms with van der Waals surface area (Å²) in [6.07, 6.45) is 2.24. The number of urea groups is 1. The molecule has 2 N–H and O–H groups in total. The minimum atomic E-state index is -0.886. The Kier molecular flexibility index (Phi) is 6.78. The maximum atomic E-state index is 13.3. The molecule has 33 heavy (non-hydrogen) atoms. The fraction of sp³-hybridized carbons (Fsp3) is 0.640. The van der Waals surface area contributed by atoms with Crippen LogP contribution in [0.2, 0.25) is 0 Å². The number of amides is 4. The first-order valence-electron chi connectivity index (χ1n) is 11.9. The quantitative estimate of drug-likeness (QED) is 0.640. The second-order valence-corrected chi connectivity index (χ2v) is 12.1. The van der Waals surface area contributed by atoms with Crippen molar-refractivity contribution in [2.24, 2.45) is 11.3 Å². The number of nitrogens with zero attached hydrogens (tertiary/aromatic N) is 2. The summed E-state index contributed by atoms with van der Waals surface area (Å²) in [4.78, 5) is 42.3. The molecule has 1 aromatic rings. The number of rotatable bonds is 5. The lowest BCUT2D eigenvalue weighted by Crippen LogP contribution is -2.54. The van der Waals surface area contributed by atoms with Crippen LogP contribution in [0.3, 0.4) is 0 Å². The van der Waals surface area contributed by atoms with Crippen LogP contribution in [-0.2, 0) is 16.1 Å².